The Kier molecular flexibility index (Phi) is 4.40. The van der Waals surface area contributed by atoms with E-state index in [-0.39, 0.29) is 23.9 Å². The maximum atomic E-state index is 13.4. The number of aromatic nitrogens is 2. The average molecular weight is 421 g/mol. The first-order valence-corrected chi connectivity index (χ1v) is 10.4. The molecule has 152 valence electrons. The fourth-order valence-electron chi connectivity index (χ4n) is 4.52. The quantitative estimate of drug-likeness (QED) is 0.646. The number of para-hydroxylation sites is 1. The Balaban J connectivity index is 1.38. The van der Waals surface area contributed by atoms with E-state index < -0.39 is 0 Å². The lowest BCUT2D eigenvalue weighted by Crippen LogP contribution is -2.61. The summed E-state index contributed by atoms with van der Waals surface area (Å²) < 4.78 is 1.74. The standard InChI is InChI=1S/C23H21ClN4O2/c1-14-20-15(2)27(23(30)21(20)28(25-14)16-8-4-3-5-9-16)17-12-26(13-17)22(29)18-10-6-7-11-19(18)24/h3-11,15,17H,12-13H2,1-2H3. The first kappa shape index (κ1) is 18.9. The highest BCUT2D eigenvalue weighted by atomic mass is 35.5. The summed E-state index contributed by atoms with van der Waals surface area (Å²) >= 11 is 6.17. The van der Waals surface area contributed by atoms with Crippen molar-refractivity contribution >= 4 is 23.4 Å². The molecule has 6 nitrogen and oxygen atoms in total. The number of halogens is 1. The van der Waals surface area contributed by atoms with Crippen LogP contribution in [0.1, 0.15) is 45.1 Å². The second-order valence-corrected chi connectivity index (χ2v) is 8.23. The number of carbonyl (C=O) groups excluding carboxylic acids is 2. The smallest absolute Gasteiger partial charge is 0.273 e. The molecule has 0 radical (unpaired) electrons. The third kappa shape index (κ3) is 2.75. The van der Waals surface area contributed by atoms with Gasteiger partial charge in [-0.2, -0.15) is 5.10 Å². The van der Waals surface area contributed by atoms with Gasteiger partial charge in [0.05, 0.1) is 34.1 Å². The van der Waals surface area contributed by atoms with E-state index in [1.54, 1.807) is 33.8 Å². The van der Waals surface area contributed by atoms with E-state index >= 15 is 0 Å². The van der Waals surface area contributed by atoms with Crippen LogP contribution in [0.3, 0.4) is 0 Å². The molecule has 5 rings (SSSR count). The summed E-state index contributed by atoms with van der Waals surface area (Å²) in [6, 6.07) is 16.7. The number of rotatable bonds is 3. The molecule has 2 aliphatic rings. The predicted octanol–water partition coefficient (Wildman–Crippen LogP) is 3.88. The van der Waals surface area contributed by atoms with Crippen molar-refractivity contribution in [1.82, 2.24) is 19.6 Å². The van der Waals surface area contributed by atoms with Crippen LogP contribution < -0.4 is 0 Å². The summed E-state index contributed by atoms with van der Waals surface area (Å²) in [5, 5.41) is 5.07. The number of amides is 2. The Bertz CT molecular complexity index is 1150. The molecule has 0 aliphatic carbocycles. The lowest BCUT2D eigenvalue weighted by atomic mass is 10.0. The minimum absolute atomic E-state index is 0.0186. The van der Waals surface area contributed by atoms with Gasteiger partial charge < -0.3 is 9.80 Å². The zero-order valence-corrected chi connectivity index (χ0v) is 17.5. The summed E-state index contributed by atoms with van der Waals surface area (Å²) in [6.45, 7) is 4.98. The second-order valence-electron chi connectivity index (χ2n) is 7.83. The minimum atomic E-state index is -0.0969. The van der Waals surface area contributed by atoms with E-state index in [2.05, 4.69) is 5.10 Å². The highest BCUT2D eigenvalue weighted by molar-refractivity contribution is 6.33. The Morgan fingerprint density at radius 2 is 1.73 bits per heavy atom. The Morgan fingerprint density at radius 3 is 2.43 bits per heavy atom. The summed E-state index contributed by atoms with van der Waals surface area (Å²) in [7, 11) is 0. The lowest BCUT2D eigenvalue weighted by molar-refractivity contribution is 0.0164. The molecule has 0 bridgehead atoms. The largest absolute Gasteiger partial charge is 0.334 e. The molecule has 3 aromatic rings. The molecule has 3 heterocycles. The molecule has 0 spiro atoms. The van der Waals surface area contributed by atoms with Gasteiger partial charge in [0.15, 0.2) is 0 Å². The second kappa shape index (κ2) is 6.99. The molecule has 0 N–H and O–H groups in total. The highest BCUT2D eigenvalue weighted by Gasteiger charge is 2.47. The van der Waals surface area contributed by atoms with E-state index in [4.69, 9.17) is 11.6 Å². The van der Waals surface area contributed by atoms with Crippen molar-refractivity contribution in [3.8, 4) is 5.69 Å². The Labute approximate surface area is 179 Å². The third-order valence-electron chi connectivity index (χ3n) is 6.03. The summed E-state index contributed by atoms with van der Waals surface area (Å²) in [4.78, 5) is 29.8. The van der Waals surface area contributed by atoms with Crippen molar-refractivity contribution in [3.63, 3.8) is 0 Å². The van der Waals surface area contributed by atoms with Crippen LogP contribution in [0.4, 0.5) is 0 Å². The molecule has 2 aliphatic heterocycles. The van der Waals surface area contributed by atoms with E-state index in [0.717, 1.165) is 16.9 Å². The molecule has 30 heavy (non-hydrogen) atoms. The molecule has 1 aromatic heterocycles. The number of nitrogens with zero attached hydrogens (tertiary/aromatic N) is 4. The molecule has 1 saturated heterocycles. The van der Waals surface area contributed by atoms with Gasteiger partial charge in [0.25, 0.3) is 11.8 Å². The fraction of sp³-hybridized carbons (Fsp3) is 0.261. The van der Waals surface area contributed by atoms with Crippen molar-refractivity contribution in [1.29, 1.82) is 0 Å². The normalized spacial score (nSPS) is 18.5. The molecule has 1 fully saturated rings. The molecule has 7 heteroatoms. The topological polar surface area (TPSA) is 58.4 Å². The van der Waals surface area contributed by atoms with Gasteiger partial charge in [0, 0.05) is 18.7 Å². The lowest BCUT2D eigenvalue weighted by Gasteiger charge is -2.45. The van der Waals surface area contributed by atoms with Gasteiger partial charge in [-0.3, -0.25) is 9.59 Å². The first-order chi connectivity index (χ1) is 14.5. The summed E-state index contributed by atoms with van der Waals surface area (Å²) in [6.07, 6.45) is 0. The molecule has 2 amide bonds. The Hall–Kier alpha value is -3.12. The highest BCUT2D eigenvalue weighted by Crippen LogP contribution is 2.40. The van der Waals surface area contributed by atoms with Gasteiger partial charge in [-0.15, -0.1) is 0 Å². The zero-order chi connectivity index (χ0) is 21.0. The number of benzene rings is 2. The van der Waals surface area contributed by atoms with Crippen LogP contribution in [0, 0.1) is 6.92 Å². The number of likely N-dealkylation sites (tertiary alicyclic amines) is 1. The first-order valence-electron chi connectivity index (χ1n) is 9.98. The molecule has 1 atom stereocenters. The monoisotopic (exact) mass is 420 g/mol. The SMILES string of the molecule is Cc1nn(-c2ccccc2)c2c1C(C)N(C1CN(C(=O)c3ccccc3Cl)C1)C2=O. The van der Waals surface area contributed by atoms with E-state index in [1.165, 1.54) is 0 Å². The van der Waals surface area contributed by atoms with Crippen molar-refractivity contribution in [3.05, 3.63) is 82.1 Å². The van der Waals surface area contributed by atoms with Gasteiger partial charge >= 0.3 is 0 Å². The summed E-state index contributed by atoms with van der Waals surface area (Å²) in [5.74, 6) is -0.128. The van der Waals surface area contributed by atoms with Gasteiger partial charge in [0.1, 0.15) is 5.69 Å². The number of carbonyl (C=O) groups is 2. The molecule has 2 aromatic carbocycles. The molecule has 1 unspecified atom stereocenters. The maximum absolute atomic E-state index is 13.4. The van der Waals surface area contributed by atoms with Gasteiger partial charge in [0.2, 0.25) is 0 Å². The van der Waals surface area contributed by atoms with Crippen LogP contribution in [0.2, 0.25) is 5.02 Å². The van der Waals surface area contributed by atoms with Crippen LogP contribution >= 0.6 is 11.6 Å². The number of fused-ring (bicyclic) bond motifs is 1. The third-order valence-corrected chi connectivity index (χ3v) is 6.36. The van der Waals surface area contributed by atoms with Gasteiger partial charge in [-0.05, 0) is 38.1 Å². The van der Waals surface area contributed by atoms with Crippen LogP contribution in [0.15, 0.2) is 54.6 Å². The maximum Gasteiger partial charge on any atom is 0.273 e. The zero-order valence-electron chi connectivity index (χ0n) is 16.7. The number of hydrogen-bond donors (Lipinski definition) is 0. The van der Waals surface area contributed by atoms with E-state index in [0.29, 0.717) is 29.4 Å². The van der Waals surface area contributed by atoms with Gasteiger partial charge in [-0.25, -0.2) is 4.68 Å². The number of hydrogen-bond acceptors (Lipinski definition) is 3. The van der Waals surface area contributed by atoms with Crippen LogP contribution in [-0.2, 0) is 0 Å². The molecular weight excluding hydrogens is 400 g/mol. The summed E-state index contributed by atoms with van der Waals surface area (Å²) in [5.41, 5.74) is 3.83. The fourth-order valence-corrected chi connectivity index (χ4v) is 4.74. The van der Waals surface area contributed by atoms with Crippen molar-refractivity contribution in [2.45, 2.75) is 25.9 Å². The van der Waals surface area contributed by atoms with Crippen LogP contribution in [-0.4, -0.2) is 50.5 Å². The minimum Gasteiger partial charge on any atom is -0.334 e. The van der Waals surface area contributed by atoms with Crippen molar-refractivity contribution in [2.75, 3.05) is 13.1 Å². The van der Waals surface area contributed by atoms with Gasteiger partial charge in [-0.1, -0.05) is 41.9 Å². The number of aryl methyl sites for hydroxylation is 1. The van der Waals surface area contributed by atoms with E-state index in [1.807, 2.05) is 49.1 Å². The van der Waals surface area contributed by atoms with Crippen molar-refractivity contribution < 1.29 is 9.59 Å². The predicted molar refractivity (Wildman–Crippen MR) is 114 cm³/mol. The molecule has 0 saturated carbocycles. The average Bonchev–Trinajstić information content (AvgIpc) is 3.19. The molecular formula is C23H21ClN4O2. The van der Waals surface area contributed by atoms with Crippen LogP contribution in [0.5, 0.6) is 0 Å². The van der Waals surface area contributed by atoms with E-state index in [9.17, 15) is 9.59 Å². The Morgan fingerprint density at radius 1 is 1.07 bits per heavy atom. The van der Waals surface area contributed by atoms with Crippen molar-refractivity contribution in [2.24, 2.45) is 0 Å². The van der Waals surface area contributed by atoms with Crippen LogP contribution in [0.25, 0.3) is 5.69 Å².